The van der Waals surface area contributed by atoms with Crippen LogP contribution in [-0.2, 0) is 0 Å². The van der Waals surface area contributed by atoms with Crippen LogP contribution in [0.4, 0.5) is 0 Å². The van der Waals surface area contributed by atoms with Gasteiger partial charge in [-0.05, 0) is 54.5 Å². The zero-order valence-electron chi connectivity index (χ0n) is 11.0. The van der Waals surface area contributed by atoms with Crippen molar-refractivity contribution < 1.29 is 0 Å². The molecule has 104 valence electrons. The lowest BCUT2D eigenvalue weighted by Crippen LogP contribution is -2.31. The van der Waals surface area contributed by atoms with Crippen molar-refractivity contribution in [3.63, 3.8) is 0 Å². The minimum Gasteiger partial charge on any atom is -0.309 e. The highest BCUT2D eigenvalue weighted by Crippen LogP contribution is 2.37. The van der Waals surface area contributed by atoms with Gasteiger partial charge >= 0.3 is 0 Å². The van der Waals surface area contributed by atoms with Gasteiger partial charge in [0.1, 0.15) is 0 Å². The van der Waals surface area contributed by atoms with Gasteiger partial charge in [0.2, 0.25) is 0 Å². The maximum Gasteiger partial charge on any atom is 0.0410 e. The molecule has 0 aromatic heterocycles. The Morgan fingerprint density at radius 3 is 3.00 bits per heavy atom. The smallest absolute Gasteiger partial charge is 0.0410 e. The lowest BCUT2D eigenvalue weighted by Gasteiger charge is -2.29. The number of fused-ring (bicyclic) bond motifs is 1. The highest BCUT2D eigenvalue weighted by Gasteiger charge is 2.22. The zero-order chi connectivity index (χ0) is 13.1. The molecule has 2 heterocycles. The van der Waals surface area contributed by atoms with Gasteiger partial charge in [0, 0.05) is 27.8 Å². The molecule has 2 aliphatic heterocycles. The van der Waals surface area contributed by atoms with E-state index in [1.54, 1.807) is 0 Å². The first-order valence-corrected chi connectivity index (χ1v) is 9.51. The van der Waals surface area contributed by atoms with Crippen molar-refractivity contribution in [3.8, 4) is 0 Å². The van der Waals surface area contributed by atoms with E-state index in [4.69, 9.17) is 11.6 Å². The third kappa shape index (κ3) is 3.63. The number of hydrogen-bond acceptors (Lipinski definition) is 3. The van der Waals surface area contributed by atoms with Crippen LogP contribution in [0.1, 0.15) is 37.3 Å². The minimum atomic E-state index is 0.498. The Hall–Kier alpha value is 0.170. The van der Waals surface area contributed by atoms with Gasteiger partial charge in [-0.2, -0.15) is 11.8 Å². The molecule has 2 unspecified atom stereocenters. The number of benzene rings is 1. The molecule has 0 bridgehead atoms. The van der Waals surface area contributed by atoms with E-state index in [9.17, 15) is 0 Å². The van der Waals surface area contributed by atoms with Crippen LogP contribution < -0.4 is 5.32 Å². The SMILES string of the molecule is Clc1ccc2c(c1)C(NCC1CCCCS1)CCS2. The summed E-state index contributed by atoms with van der Waals surface area (Å²) in [4.78, 5) is 1.41. The number of thioether (sulfide) groups is 2. The monoisotopic (exact) mass is 313 g/mol. The third-order valence-electron chi connectivity index (χ3n) is 3.88. The summed E-state index contributed by atoms with van der Waals surface area (Å²) in [5.41, 5.74) is 1.41. The van der Waals surface area contributed by atoms with E-state index in [0.717, 1.165) is 16.8 Å². The van der Waals surface area contributed by atoms with Crippen molar-refractivity contribution in [2.75, 3.05) is 18.1 Å². The largest absolute Gasteiger partial charge is 0.309 e. The highest BCUT2D eigenvalue weighted by molar-refractivity contribution is 8.00. The fourth-order valence-corrected chi connectivity index (χ4v) is 5.36. The maximum absolute atomic E-state index is 6.15. The molecule has 1 aromatic rings. The molecule has 1 aromatic carbocycles. The van der Waals surface area contributed by atoms with Crippen LogP contribution in [0.15, 0.2) is 23.1 Å². The van der Waals surface area contributed by atoms with E-state index in [1.807, 2.05) is 17.8 Å². The standard InChI is InChI=1S/C15H20ClNS2/c16-11-4-5-15-13(9-11)14(6-8-19-15)17-10-12-3-1-2-7-18-12/h4-5,9,12,14,17H,1-3,6-8,10H2. The van der Waals surface area contributed by atoms with Crippen LogP contribution in [0.2, 0.25) is 5.02 Å². The summed E-state index contributed by atoms with van der Waals surface area (Å²) in [7, 11) is 0. The highest BCUT2D eigenvalue weighted by atomic mass is 35.5. The molecular formula is C15H20ClNS2. The van der Waals surface area contributed by atoms with E-state index in [1.165, 1.54) is 47.6 Å². The quantitative estimate of drug-likeness (QED) is 0.864. The Labute approximate surface area is 129 Å². The van der Waals surface area contributed by atoms with Gasteiger partial charge in [0.05, 0.1) is 0 Å². The number of nitrogens with one attached hydrogen (secondary N) is 1. The second-order valence-electron chi connectivity index (χ2n) is 5.27. The van der Waals surface area contributed by atoms with Crippen molar-refractivity contribution in [1.29, 1.82) is 0 Å². The molecule has 0 aliphatic carbocycles. The fraction of sp³-hybridized carbons (Fsp3) is 0.600. The van der Waals surface area contributed by atoms with Crippen LogP contribution in [0.5, 0.6) is 0 Å². The summed E-state index contributed by atoms with van der Waals surface area (Å²) in [6.07, 6.45) is 5.40. The number of rotatable bonds is 3. The summed E-state index contributed by atoms with van der Waals surface area (Å²) in [5.74, 6) is 2.55. The molecule has 1 saturated heterocycles. The molecule has 0 spiro atoms. The summed E-state index contributed by atoms with van der Waals surface area (Å²) >= 11 is 10.3. The van der Waals surface area contributed by atoms with Gasteiger partial charge in [-0.1, -0.05) is 18.0 Å². The lowest BCUT2D eigenvalue weighted by atomic mass is 10.0. The van der Waals surface area contributed by atoms with E-state index in [2.05, 4.69) is 29.2 Å². The zero-order valence-corrected chi connectivity index (χ0v) is 13.4. The molecule has 19 heavy (non-hydrogen) atoms. The lowest BCUT2D eigenvalue weighted by molar-refractivity contribution is 0.493. The maximum atomic E-state index is 6.15. The van der Waals surface area contributed by atoms with Gasteiger partial charge in [0.25, 0.3) is 0 Å². The molecular weight excluding hydrogens is 294 g/mol. The van der Waals surface area contributed by atoms with Crippen molar-refractivity contribution in [2.24, 2.45) is 0 Å². The van der Waals surface area contributed by atoms with Gasteiger partial charge in [-0.15, -0.1) is 11.8 Å². The van der Waals surface area contributed by atoms with Crippen molar-refractivity contribution in [1.82, 2.24) is 5.32 Å². The van der Waals surface area contributed by atoms with Gasteiger partial charge in [-0.3, -0.25) is 0 Å². The van der Waals surface area contributed by atoms with E-state index in [0.29, 0.717) is 6.04 Å². The molecule has 3 rings (SSSR count). The Kier molecular flexibility index (Phi) is 5.02. The normalized spacial score (nSPS) is 27.0. The molecule has 0 amide bonds. The van der Waals surface area contributed by atoms with Crippen molar-refractivity contribution in [2.45, 2.75) is 41.9 Å². The van der Waals surface area contributed by atoms with Crippen molar-refractivity contribution in [3.05, 3.63) is 28.8 Å². The molecule has 1 nitrogen and oxygen atoms in total. The predicted molar refractivity (Wildman–Crippen MR) is 87.6 cm³/mol. The van der Waals surface area contributed by atoms with Crippen LogP contribution in [0.3, 0.4) is 0 Å². The summed E-state index contributed by atoms with van der Waals surface area (Å²) < 4.78 is 0. The molecule has 2 aliphatic rings. The Morgan fingerprint density at radius 2 is 2.16 bits per heavy atom. The summed E-state index contributed by atoms with van der Waals surface area (Å²) in [6.45, 7) is 1.14. The van der Waals surface area contributed by atoms with E-state index >= 15 is 0 Å². The van der Waals surface area contributed by atoms with Gasteiger partial charge in [0.15, 0.2) is 0 Å². The second-order valence-corrected chi connectivity index (χ2v) is 8.25. The third-order valence-corrected chi connectivity index (χ3v) is 6.63. The van der Waals surface area contributed by atoms with E-state index in [-0.39, 0.29) is 0 Å². The van der Waals surface area contributed by atoms with Gasteiger partial charge in [-0.25, -0.2) is 0 Å². The molecule has 4 heteroatoms. The van der Waals surface area contributed by atoms with Crippen LogP contribution >= 0.6 is 35.1 Å². The Bertz CT molecular complexity index is 432. The average molecular weight is 314 g/mol. The predicted octanol–water partition coefficient (Wildman–Crippen LogP) is 4.75. The minimum absolute atomic E-state index is 0.498. The van der Waals surface area contributed by atoms with Crippen LogP contribution in [0.25, 0.3) is 0 Å². The molecule has 0 saturated carbocycles. The first-order valence-electron chi connectivity index (χ1n) is 7.10. The number of halogens is 1. The van der Waals surface area contributed by atoms with Crippen LogP contribution in [0, 0.1) is 0 Å². The first kappa shape index (κ1) is 14.1. The van der Waals surface area contributed by atoms with Crippen molar-refractivity contribution >= 4 is 35.1 Å². The topological polar surface area (TPSA) is 12.0 Å². The molecule has 0 radical (unpaired) electrons. The molecule has 1 N–H and O–H groups in total. The Morgan fingerprint density at radius 1 is 1.21 bits per heavy atom. The molecule has 2 atom stereocenters. The Balaban J connectivity index is 1.64. The summed E-state index contributed by atoms with van der Waals surface area (Å²) in [6, 6.07) is 6.82. The number of hydrogen-bond donors (Lipinski definition) is 1. The van der Waals surface area contributed by atoms with Gasteiger partial charge < -0.3 is 5.32 Å². The summed E-state index contributed by atoms with van der Waals surface area (Å²) in [5, 5.41) is 5.45. The first-order chi connectivity index (χ1) is 9.33. The van der Waals surface area contributed by atoms with E-state index < -0.39 is 0 Å². The second kappa shape index (κ2) is 6.75. The average Bonchev–Trinajstić information content (AvgIpc) is 2.46. The molecule has 1 fully saturated rings. The fourth-order valence-electron chi connectivity index (χ4n) is 2.82. The van der Waals surface area contributed by atoms with Crippen LogP contribution in [-0.4, -0.2) is 23.3 Å².